The first-order valence-corrected chi connectivity index (χ1v) is 9.38. The molecule has 0 bridgehead atoms. The molecule has 1 aliphatic carbocycles. The number of rotatable bonds is 8. The Labute approximate surface area is 180 Å². The molecule has 2 N–H and O–H groups in total. The second-order valence-electron chi connectivity index (χ2n) is 6.73. The zero-order chi connectivity index (χ0) is 23.4. The molecule has 0 saturated heterocycles. The first-order chi connectivity index (χ1) is 15.2. The van der Waals surface area contributed by atoms with Crippen molar-refractivity contribution < 1.29 is 52.8 Å². The maximum Gasteiger partial charge on any atom is 0.511 e. The van der Waals surface area contributed by atoms with Crippen LogP contribution in [0.5, 0.6) is 0 Å². The van der Waals surface area contributed by atoms with Crippen molar-refractivity contribution in [1.29, 1.82) is 0 Å². The largest absolute Gasteiger partial charge is 0.511 e. The summed E-state index contributed by atoms with van der Waals surface area (Å²) in [5, 5.41) is 17.7. The van der Waals surface area contributed by atoms with E-state index in [4.69, 9.17) is 19.4 Å². The number of ether oxygens (including phenoxy) is 3. The van der Waals surface area contributed by atoms with E-state index in [-0.39, 0.29) is 28.2 Å². The number of aliphatic hydroxyl groups is 2. The van der Waals surface area contributed by atoms with Crippen LogP contribution in [0.15, 0.2) is 34.7 Å². The third-order valence-corrected chi connectivity index (χ3v) is 4.34. The van der Waals surface area contributed by atoms with Crippen molar-refractivity contribution in [1.82, 2.24) is 0 Å². The van der Waals surface area contributed by atoms with E-state index in [1.807, 2.05) is 0 Å². The number of aliphatic hydroxyl groups excluding tert-OH is 2. The Morgan fingerprint density at radius 2 is 1.69 bits per heavy atom. The van der Waals surface area contributed by atoms with Crippen molar-refractivity contribution in [2.24, 2.45) is 0 Å². The van der Waals surface area contributed by atoms with Gasteiger partial charge in [0.05, 0.1) is 12.2 Å². The summed E-state index contributed by atoms with van der Waals surface area (Å²) >= 11 is 0. The van der Waals surface area contributed by atoms with Crippen LogP contribution in [0.25, 0.3) is 0 Å². The predicted molar refractivity (Wildman–Crippen MR) is 102 cm³/mol. The number of Topliss-reactive ketones (excluding diaryl/α,β-unsaturated/α-hetero) is 1. The lowest BCUT2D eigenvalue weighted by atomic mass is 9.88. The smallest absolute Gasteiger partial charge is 0.449 e. The summed E-state index contributed by atoms with van der Waals surface area (Å²) in [6.45, 7) is 0.0324. The predicted octanol–water partition coefficient (Wildman–Crippen LogP) is 1.02. The van der Waals surface area contributed by atoms with Crippen LogP contribution in [0.1, 0.15) is 55.9 Å². The zero-order valence-corrected chi connectivity index (χ0v) is 16.7. The Hall–Kier alpha value is -3.83. The summed E-state index contributed by atoms with van der Waals surface area (Å²) < 4.78 is 19.1. The average Bonchev–Trinajstić information content (AvgIpc) is 3.21. The second kappa shape index (κ2) is 9.54. The molecule has 0 fully saturated rings. The third-order valence-electron chi connectivity index (χ3n) is 4.34. The van der Waals surface area contributed by atoms with Crippen LogP contribution >= 0.6 is 0 Å². The molecule has 32 heavy (non-hydrogen) atoms. The molecule has 0 aliphatic heterocycles. The first-order valence-electron chi connectivity index (χ1n) is 9.38. The number of carbonyl (C=O) groups is 5. The maximum absolute atomic E-state index is 12.6. The Bertz CT molecular complexity index is 1030. The summed E-state index contributed by atoms with van der Waals surface area (Å²) in [7, 11) is 0. The molecule has 2 aromatic rings. The SMILES string of the molecule is CC(OC(=O)CC(=O)c1cc2c(o1)C(=O)c1ccccc1C2=O)OC(=O)OC[C@@H](O)CO. The number of carbonyl (C=O) groups excluding carboxylic acids is 5. The molecule has 11 heteroatoms. The fourth-order valence-corrected chi connectivity index (χ4v) is 2.87. The summed E-state index contributed by atoms with van der Waals surface area (Å²) in [6.07, 6.45) is -4.78. The molecular weight excluding hydrogens is 428 g/mol. The molecule has 0 amide bonds. The number of hydrogen-bond acceptors (Lipinski definition) is 11. The third kappa shape index (κ3) is 4.90. The van der Waals surface area contributed by atoms with E-state index < -0.39 is 61.5 Å². The van der Waals surface area contributed by atoms with E-state index in [9.17, 15) is 24.0 Å². The average molecular weight is 446 g/mol. The van der Waals surface area contributed by atoms with Gasteiger partial charge in [-0.25, -0.2) is 4.79 Å². The molecule has 1 aromatic carbocycles. The van der Waals surface area contributed by atoms with E-state index in [0.29, 0.717) is 0 Å². The number of benzene rings is 1. The highest BCUT2D eigenvalue weighted by atomic mass is 16.8. The van der Waals surface area contributed by atoms with Gasteiger partial charge >= 0.3 is 12.1 Å². The Morgan fingerprint density at radius 1 is 1.03 bits per heavy atom. The number of esters is 1. The molecule has 1 heterocycles. The Balaban J connectivity index is 1.59. The Morgan fingerprint density at radius 3 is 2.34 bits per heavy atom. The van der Waals surface area contributed by atoms with Gasteiger partial charge in [-0.3, -0.25) is 19.2 Å². The minimum absolute atomic E-state index is 0.0741. The van der Waals surface area contributed by atoms with Crippen molar-refractivity contribution in [2.45, 2.75) is 25.7 Å². The normalized spacial score (nSPS) is 14.1. The molecule has 1 aliphatic rings. The fourth-order valence-electron chi connectivity index (χ4n) is 2.87. The maximum atomic E-state index is 12.6. The van der Waals surface area contributed by atoms with Gasteiger partial charge in [0.15, 0.2) is 17.3 Å². The molecule has 0 saturated carbocycles. The lowest BCUT2D eigenvalue weighted by molar-refractivity contribution is -0.167. The number of fused-ring (bicyclic) bond motifs is 2. The molecule has 168 valence electrons. The highest BCUT2D eigenvalue weighted by Crippen LogP contribution is 2.30. The van der Waals surface area contributed by atoms with Gasteiger partial charge in [0.2, 0.25) is 17.9 Å². The molecular formula is C21H18O11. The van der Waals surface area contributed by atoms with Crippen molar-refractivity contribution in [3.05, 3.63) is 58.5 Å². The van der Waals surface area contributed by atoms with Gasteiger partial charge in [-0.1, -0.05) is 24.3 Å². The lowest BCUT2D eigenvalue weighted by Gasteiger charge is -2.14. The quantitative estimate of drug-likeness (QED) is 0.219. The molecule has 0 spiro atoms. The van der Waals surface area contributed by atoms with E-state index >= 15 is 0 Å². The van der Waals surface area contributed by atoms with Crippen molar-refractivity contribution in [3.8, 4) is 0 Å². The van der Waals surface area contributed by atoms with Crippen molar-refractivity contribution in [2.75, 3.05) is 13.2 Å². The van der Waals surface area contributed by atoms with E-state index in [1.54, 1.807) is 12.1 Å². The van der Waals surface area contributed by atoms with E-state index in [0.717, 1.165) is 6.07 Å². The van der Waals surface area contributed by atoms with E-state index in [1.165, 1.54) is 19.1 Å². The van der Waals surface area contributed by atoms with Gasteiger partial charge in [0, 0.05) is 18.1 Å². The minimum Gasteiger partial charge on any atom is -0.449 e. The van der Waals surface area contributed by atoms with Gasteiger partial charge in [-0.05, 0) is 6.07 Å². The fraction of sp³-hybridized carbons (Fsp3) is 0.286. The van der Waals surface area contributed by atoms with Crippen LogP contribution in [-0.2, 0) is 19.0 Å². The minimum atomic E-state index is -1.42. The summed E-state index contributed by atoms with van der Waals surface area (Å²) in [5.74, 6) is -3.60. The highest BCUT2D eigenvalue weighted by Gasteiger charge is 2.34. The Kier molecular flexibility index (Phi) is 6.81. The van der Waals surface area contributed by atoms with Gasteiger partial charge in [-0.15, -0.1) is 0 Å². The molecule has 3 rings (SSSR count). The van der Waals surface area contributed by atoms with Crippen LogP contribution in [0.4, 0.5) is 4.79 Å². The summed E-state index contributed by atoms with van der Waals surface area (Å²) in [6, 6.07) is 7.25. The van der Waals surface area contributed by atoms with Crippen LogP contribution < -0.4 is 0 Å². The van der Waals surface area contributed by atoms with Crippen LogP contribution in [-0.4, -0.2) is 65.3 Å². The molecule has 11 nitrogen and oxygen atoms in total. The topological polar surface area (TPSA) is 167 Å². The lowest BCUT2D eigenvalue weighted by Crippen LogP contribution is -2.26. The first kappa shape index (κ1) is 22.8. The van der Waals surface area contributed by atoms with Gasteiger partial charge in [-0.2, -0.15) is 0 Å². The van der Waals surface area contributed by atoms with Crippen LogP contribution in [0, 0.1) is 0 Å². The monoisotopic (exact) mass is 446 g/mol. The number of furan rings is 1. The number of ketones is 3. The van der Waals surface area contributed by atoms with Crippen molar-refractivity contribution in [3.63, 3.8) is 0 Å². The summed E-state index contributed by atoms with van der Waals surface area (Å²) in [4.78, 5) is 60.8. The van der Waals surface area contributed by atoms with Gasteiger partial charge in [0.1, 0.15) is 19.1 Å². The number of hydrogen-bond donors (Lipinski definition) is 2. The van der Waals surface area contributed by atoms with Crippen molar-refractivity contribution >= 4 is 29.5 Å². The van der Waals surface area contributed by atoms with Gasteiger partial charge in [0.25, 0.3) is 0 Å². The van der Waals surface area contributed by atoms with E-state index in [2.05, 4.69) is 9.47 Å². The zero-order valence-electron chi connectivity index (χ0n) is 16.7. The molecule has 1 unspecified atom stereocenters. The standard InChI is InChI=1S/C21H18O11/c1-10(31-21(28)29-9-11(23)8-22)30-17(25)7-15(24)16-6-14-18(26)12-4-2-3-5-13(12)19(27)20(14)32-16/h2-6,10-11,22-23H,7-9H2,1H3/t10?,11-/m0/s1. The molecule has 0 radical (unpaired) electrons. The summed E-state index contributed by atoms with van der Waals surface area (Å²) in [5.41, 5.74) is 0.269. The molecule has 1 aromatic heterocycles. The second-order valence-corrected chi connectivity index (χ2v) is 6.73. The highest BCUT2D eigenvalue weighted by molar-refractivity contribution is 6.28. The van der Waals surface area contributed by atoms with Gasteiger partial charge < -0.3 is 28.8 Å². The van der Waals surface area contributed by atoms with Crippen LogP contribution in [0.2, 0.25) is 0 Å². The van der Waals surface area contributed by atoms with Crippen LogP contribution in [0.3, 0.4) is 0 Å². The molecule has 2 atom stereocenters.